The second kappa shape index (κ2) is 14.6. The van der Waals surface area contributed by atoms with E-state index in [1.807, 2.05) is 0 Å². The fourth-order valence-electron chi connectivity index (χ4n) is 4.98. The number of likely N-dealkylation sites (tertiary alicyclic amines) is 2. The van der Waals surface area contributed by atoms with Crippen LogP contribution < -0.4 is 22.1 Å². The molecule has 8 N–H and O–H groups in total. The molecule has 5 atom stereocenters. The third-order valence-corrected chi connectivity index (χ3v) is 7.19. The molecule has 2 saturated heterocycles. The third kappa shape index (κ3) is 8.63. The molecule has 5 amide bonds. The lowest BCUT2D eigenvalue weighted by Crippen LogP contribution is -2.59. The SMILES string of the molecule is CC(C)[C@H](NC(=O)[C@@H]1CCCN1C(=O)[C@@H](N)CCC(=O)O)C(=O)N1CCC[C@H]1C(=O)N[C@@H](CCC(N)=O)C(=O)O. The fraction of sp³-hybridized carbons (Fsp3) is 0.720. The van der Waals surface area contributed by atoms with Gasteiger partial charge in [0, 0.05) is 25.9 Å². The Bertz CT molecular complexity index is 1000. The van der Waals surface area contributed by atoms with Gasteiger partial charge in [0.1, 0.15) is 24.2 Å². The highest BCUT2D eigenvalue weighted by Crippen LogP contribution is 2.23. The van der Waals surface area contributed by atoms with E-state index in [1.54, 1.807) is 13.8 Å². The molecule has 0 aromatic rings. The quantitative estimate of drug-likeness (QED) is 0.136. The Kier molecular flexibility index (Phi) is 11.8. The number of hydrogen-bond donors (Lipinski definition) is 6. The summed E-state index contributed by atoms with van der Waals surface area (Å²) in [5.74, 6) is -5.80. The molecule has 0 radical (unpaired) electrons. The monoisotopic (exact) mass is 568 g/mol. The summed E-state index contributed by atoms with van der Waals surface area (Å²) in [7, 11) is 0. The molecule has 2 aliphatic heterocycles. The van der Waals surface area contributed by atoms with Crippen molar-refractivity contribution in [1.82, 2.24) is 20.4 Å². The van der Waals surface area contributed by atoms with Crippen molar-refractivity contribution in [3.05, 3.63) is 0 Å². The maximum absolute atomic E-state index is 13.6. The standard InChI is InChI=1S/C25H40N6O9/c1-13(2)20(29-22(36)17-6-3-11-30(17)23(37)14(26)7-10-19(33)34)24(38)31-12-4-5-16(31)21(35)28-15(25(39)40)8-9-18(27)32/h13-17,20H,3-12,26H2,1-2H3,(H2,27,32)(H,28,35)(H,29,36)(H,33,34)(H,39,40)/t14-,15-,16-,17-,20-/m0/s1. The van der Waals surface area contributed by atoms with Crippen molar-refractivity contribution in [3.8, 4) is 0 Å². The average molecular weight is 569 g/mol. The van der Waals surface area contributed by atoms with Gasteiger partial charge in [0.15, 0.2) is 0 Å². The number of hydrogen-bond acceptors (Lipinski definition) is 8. The number of carboxylic acids is 2. The van der Waals surface area contributed by atoms with E-state index in [0.717, 1.165) is 0 Å². The smallest absolute Gasteiger partial charge is 0.326 e. The molecule has 15 nitrogen and oxygen atoms in total. The van der Waals surface area contributed by atoms with E-state index in [4.69, 9.17) is 16.6 Å². The third-order valence-electron chi connectivity index (χ3n) is 7.19. The molecule has 0 aromatic heterocycles. The van der Waals surface area contributed by atoms with Gasteiger partial charge >= 0.3 is 11.9 Å². The Morgan fingerprint density at radius 2 is 1.35 bits per heavy atom. The lowest BCUT2D eigenvalue weighted by molar-refractivity contribution is -0.146. The molecule has 0 aromatic carbocycles. The second-order valence-electron chi connectivity index (χ2n) is 10.6. The van der Waals surface area contributed by atoms with Crippen molar-refractivity contribution in [2.45, 2.75) is 95.4 Å². The largest absolute Gasteiger partial charge is 0.481 e. The van der Waals surface area contributed by atoms with Crippen LogP contribution in [-0.4, -0.2) is 105 Å². The van der Waals surface area contributed by atoms with Gasteiger partial charge in [0.2, 0.25) is 29.5 Å². The zero-order valence-electron chi connectivity index (χ0n) is 22.8. The Morgan fingerprint density at radius 3 is 1.82 bits per heavy atom. The zero-order chi connectivity index (χ0) is 30.1. The molecule has 0 bridgehead atoms. The zero-order valence-corrected chi connectivity index (χ0v) is 22.8. The number of nitrogens with one attached hydrogen (secondary N) is 2. The Balaban J connectivity index is 2.10. The number of carboxylic acid groups (broad SMARTS) is 2. The van der Waals surface area contributed by atoms with Crippen molar-refractivity contribution in [1.29, 1.82) is 0 Å². The first-order valence-electron chi connectivity index (χ1n) is 13.4. The van der Waals surface area contributed by atoms with Gasteiger partial charge < -0.3 is 42.1 Å². The number of carbonyl (C=O) groups excluding carboxylic acids is 5. The molecule has 2 aliphatic rings. The number of primary amides is 1. The van der Waals surface area contributed by atoms with Gasteiger partial charge in [-0.2, -0.15) is 0 Å². The summed E-state index contributed by atoms with van der Waals surface area (Å²) >= 11 is 0. The molecule has 2 fully saturated rings. The van der Waals surface area contributed by atoms with Crippen LogP contribution in [0.5, 0.6) is 0 Å². The highest BCUT2D eigenvalue weighted by atomic mass is 16.4. The molecular weight excluding hydrogens is 528 g/mol. The van der Waals surface area contributed by atoms with Crippen molar-refractivity contribution in [2.75, 3.05) is 13.1 Å². The van der Waals surface area contributed by atoms with E-state index in [0.29, 0.717) is 19.3 Å². The summed E-state index contributed by atoms with van der Waals surface area (Å²) in [6.07, 6.45) is 0.859. The maximum Gasteiger partial charge on any atom is 0.326 e. The summed E-state index contributed by atoms with van der Waals surface area (Å²) in [4.78, 5) is 88.6. The summed E-state index contributed by atoms with van der Waals surface area (Å²) in [5, 5.41) is 23.4. The van der Waals surface area contributed by atoms with Crippen molar-refractivity contribution in [2.24, 2.45) is 17.4 Å². The maximum atomic E-state index is 13.6. The predicted molar refractivity (Wildman–Crippen MR) is 139 cm³/mol. The van der Waals surface area contributed by atoms with Crippen LogP contribution in [0.1, 0.15) is 65.2 Å². The van der Waals surface area contributed by atoms with E-state index in [2.05, 4.69) is 10.6 Å². The second-order valence-corrected chi connectivity index (χ2v) is 10.6. The molecular formula is C25H40N6O9. The number of nitrogens with two attached hydrogens (primary N) is 2. The molecule has 224 valence electrons. The molecule has 40 heavy (non-hydrogen) atoms. The molecule has 0 saturated carbocycles. The Hall–Kier alpha value is -3.75. The van der Waals surface area contributed by atoms with Crippen LogP contribution in [0.3, 0.4) is 0 Å². The fourth-order valence-corrected chi connectivity index (χ4v) is 4.98. The van der Waals surface area contributed by atoms with Gasteiger partial charge in [-0.15, -0.1) is 0 Å². The normalized spacial score (nSPS) is 21.0. The topological polar surface area (TPSA) is 243 Å². The molecule has 0 aliphatic carbocycles. The van der Waals surface area contributed by atoms with Gasteiger partial charge in [0.25, 0.3) is 0 Å². The van der Waals surface area contributed by atoms with Gasteiger partial charge in [-0.1, -0.05) is 13.8 Å². The van der Waals surface area contributed by atoms with Gasteiger partial charge in [0.05, 0.1) is 6.04 Å². The van der Waals surface area contributed by atoms with Crippen LogP contribution in [0, 0.1) is 5.92 Å². The van der Waals surface area contributed by atoms with Crippen LogP contribution >= 0.6 is 0 Å². The van der Waals surface area contributed by atoms with Crippen molar-refractivity contribution in [3.63, 3.8) is 0 Å². The number of amides is 5. The van der Waals surface area contributed by atoms with E-state index < -0.39 is 71.7 Å². The first-order valence-corrected chi connectivity index (χ1v) is 13.4. The van der Waals surface area contributed by atoms with Gasteiger partial charge in [-0.3, -0.25) is 28.8 Å². The summed E-state index contributed by atoms with van der Waals surface area (Å²) < 4.78 is 0. The minimum absolute atomic E-state index is 0.0736. The van der Waals surface area contributed by atoms with Gasteiger partial charge in [-0.05, 0) is 44.4 Å². The Labute approximate surface area is 232 Å². The minimum atomic E-state index is -1.36. The molecule has 15 heteroatoms. The number of rotatable bonds is 14. The highest BCUT2D eigenvalue weighted by Gasteiger charge is 2.42. The molecule has 0 spiro atoms. The lowest BCUT2D eigenvalue weighted by atomic mass is 10.0. The number of carbonyl (C=O) groups is 7. The van der Waals surface area contributed by atoms with Crippen molar-refractivity contribution < 1.29 is 43.8 Å². The summed E-state index contributed by atoms with van der Waals surface area (Å²) in [6.45, 7) is 3.93. The van der Waals surface area contributed by atoms with E-state index in [-0.39, 0.29) is 51.1 Å². The molecule has 2 rings (SSSR count). The first kappa shape index (κ1) is 32.5. The van der Waals surface area contributed by atoms with E-state index in [9.17, 15) is 38.7 Å². The summed E-state index contributed by atoms with van der Waals surface area (Å²) in [6, 6.07) is -5.29. The van der Waals surface area contributed by atoms with E-state index >= 15 is 0 Å². The average Bonchev–Trinajstić information content (AvgIpc) is 3.57. The number of aliphatic carboxylic acids is 2. The first-order chi connectivity index (χ1) is 18.7. The minimum Gasteiger partial charge on any atom is -0.481 e. The molecule has 2 heterocycles. The highest BCUT2D eigenvalue weighted by molar-refractivity contribution is 5.96. The molecule has 0 unspecified atom stereocenters. The number of nitrogens with zero attached hydrogens (tertiary/aromatic N) is 2. The lowest BCUT2D eigenvalue weighted by Gasteiger charge is -2.33. The van der Waals surface area contributed by atoms with Crippen LogP contribution in [-0.2, 0) is 33.6 Å². The Morgan fingerprint density at radius 1 is 0.825 bits per heavy atom. The van der Waals surface area contributed by atoms with Crippen LogP contribution in [0.25, 0.3) is 0 Å². The predicted octanol–water partition coefficient (Wildman–Crippen LogP) is -1.86. The van der Waals surface area contributed by atoms with E-state index in [1.165, 1.54) is 9.80 Å². The van der Waals surface area contributed by atoms with Crippen LogP contribution in [0.2, 0.25) is 0 Å². The van der Waals surface area contributed by atoms with Crippen molar-refractivity contribution >= 4 is 41.5 Å². The van der Waals surface area contributed by atoms with Crippen LogP contribution in [0.15, 0.2) is 0 Å². The van der Waals surface area contributed by atoms with Crippen LogP contribution in [0.4, 0.5) is 0 Å². The summed E-state index contributed by atoms with van der Waals surface area (Å²) in [5.41, 5.74) is 11.0. The van der Waals surface area contributed by atoms with Gasteiger partial charge in [-0.25, -0.2) is 4.79 Å².